The molecule has 0 aromatic heterocycles. The maximum atomic E-state index is 10.8. The van der Waals surface area contributed by atoms with Crippen LogP contribution in [-0.2, 0) is 25.8 Å². The van der Waals surface area contributed by atoms with Crippen LogP contribution in [0, 0.1) is 0 Å². The Kier molecular flexibility index (Phi) is 3.88. The molecule has 0 unspecified atom stereocenters. The Balaban J connectivity index is 1.71. The first-order valence-electron chi connectivity index (χ1n) is 5.24. The van der Waals surface area contributed by atoms with Crippen molar-refractivity contribution in [2.45, 2.75) is 13.0 Å². The van der Waals surface area contributed by atoms with Gasteiger partial charge in [0.1, 0.15) is 6.61 Å². The van der Waals surface area contributed by atoms with Crippen LogP contribution in [-0.4, -0.2) is 27.3 Å². The maximum absolute atomic E-state index is 10.8. The Morgan fingerprint density at radius 2 is 2.06 bits per heavy atom. The molecule has 0 N–H and O–H groups in total. The molecule has 6 heteroatoms. The first-order valence-corrected chi connectivity index (χ1v) is 6.61. The van der Waals surface area contributed by atoms with Crippen molar-refractivity contribution in [2.24, 2.45) is 4.40 Å². The fourth-order valence-corrected chi connectivity index (χ4v) is 2.22. The van der Waals surface area contributed by atoms with E-state index in [2.05, 4.69) is 8.58 Å². The molecule has 0 saturated carbocycles. The van der Waals surface area contributed by atoms with Gasteiger partial charge in [-0.05, 0) is 5.56 Å². The van der Waals surface area contributed by atoms with Crippen LogP contribution in [0.5, 0.6) is 0 Å². The Labute approximate surface area is 100 Å². The van der Waals surface area contributed by atoms with Crippen molar-refractivity contribution < 1.29 is 17.3 Å². The zero-order chi connectivity index (χ0) is 12.1. The molecule has 5 nitrogen and oxygen atoms in total. The van der Waals surface area contributed by atoms with E-state index in [1.807, 2.05) is 30.3 Å². The van der Waals surface area contributed by atoms with Gasteiger partial charge < -0.3 is 4.74 Å². The Morgan fingerprint density at radius 1 is 1.29 bits per heavy atom. The number of hydrogen-bond donors (Lipinski definition) is 0. The molecule has 0 fully saturated rings. The van der Waals surface area contributed by atoms with E-state index in [9.17, 15) is 8.42 Å². The normalized spacial score (nSPS) is 18.0. The summed E-state index contributed by atoms with van der Waals surface area (Å²) in [5.41, 5.74) is 1.60. The second-order valence-corrected chi connectivity index (χ2v) is 4.91. The summed E-state index contributed by atoms with van der Waals surface area (Å²) in [5, 5.41) is 0. The van der Waals surface area contributed by atoms with E-state index in [0.29, 0.717) is 25.3 Å². The molecule has 0 radical (unpaired) electrons. The van der Waals surface area contributed by atoms with Crippen LogP contribution < -0.4 is 0 Å². The van der Waals surface area contributed by atoms with Crippen molar-refractivity contribution in [1.29, 1.82) is 0 Å². The third-order valence-corrected chi connectivity index (χ3v) is 3.16. The Hall–Kier alpha value is -1.24. The lowest BCUT2D eigenvalue weighted by molar-refractivity contribution is 0.127. The summed E-state index contributed by atoms with van der Waals surface area (Å²) >= 11 is 0. The number of benzene rings is 1. The second kappa shape index (κ2) is 5.39. The molecular weight excluding hydrogens is 242 g/mol. The van der Waals surface area contributed by atoms with E-state index >= 15 is 0 Å². The average molecular weight is 255 g/mol. The Bertz CT molecular complexity index is 495. The number of nitrogens with zero attached hydrogens (tertiary/aromatic N) is 1. The van der Waals surface area contributed by atoms with Crippen molar-refractivity contribution in [2.75, 3.05) is 13.2 Å². The highest BCUT2D eigenvalue weighted by atomic mass is 32.2. The maximum Gasteiger partial charge on any atom is 0.381 e. The highest BCUT2D eigenvalue weighted by Gasteiger charge is 2.20. The predicted molar refractivity (Wildman–Crippen MR) is 63.0 cm³/mol. The third kappa shape index (κ3) is 3.92. The standard InChI is InChI=1S/C11H13NO4S/c13-17(14)12-11(9-16-17)6-7-15-8-10-4-2-1-3-5-10/h1-5H,6-9H2. The predicted octanol–water partition coefficient (Wildman–Crippen LogP) is 1.31. The van der Waals surface area contributed by atoms with E-state index in [4.69, 9.17) is 4.74 Å². The third-order valence-electron chi connectivity index (χ3n) is 2.26. The molecule has 92 valence electrons. The van der Waals surface area contributed by atoms with E-state index in [-0.39, 0.29) is 6.61 Å². The highest BCUT2D eigenvalue weighted by molar-refractivity contribution is 7.85. The van der Waals surface area contributed by atoms with Crippen LogP contribution in [0.2, 0.25) is 0 Å². The van der Waals surface area contributed by atoms with Gasteiger partial charge >= 0.3 is 10.3 Å². The molecule has 0 amide bonds. The lowest BCUT2D eigenvalue weighted by Crippen LogP contribution is -2.06. The summed E-state index contributed by atoms with van der Waals surface area (Å²) in [4.78, 5) is 0. The van der Waals surface area contributed by atoms with Crippen LogP contribution in [0.15, 0.2) is 34.7 Å². The van der Waals surface area contributed by atoms with E-state index in [0.717, 1.165) is 5.56 Å². The van der Waals surface area contributed by atoms with E-state index < -0.39 is 10.3 Å². The average Bonchev–Trinajstić information content (AvgIpc) is 2.66. The molecule has 1 aromatic rings. The summed E-state index contributed by atoms with van der Waals surface area (Å²) in [5.74, 6) is 0. The number of ether oxygens (including phenoxy) is 1. The minimum absolute atomic E-state index is 0.0526. The van der Waals surface area contributed by atoms with Gasteiger partial charge in [0.05, 0.1) is 18.9 Å². The van der Waals surface area contributed by atoms with Gasteiger partial charge in [0.2, 0.25) is 0 Å². The summed E-state index contributed by atoms with van der Waals surface area (Å²) in [7, 11) is -3.65. The SMILES string of the molecule is O=S1(=O)N=C(CCOCc2ccccc2)CO1. The Morgan fingerprint density at radius 3 is 2.71 bits per heavy atom. The van der Waals surface area contributed by atoms with Gasteiger partial charge in [-0.15, -0.1) is 4.40 Å². The van der Waals surface area contributed by atoms with Crippen molar-refractivity contribution >= 4 is 16.0 Å². The van der Waals surface area contributed by atoms with Gasteiger partial charge in [-0.1, -0.05) is 30.3 Å². The fraction of sp³-hybridized carbons (Fsp3) is 0.364. The minimum atomic E-state index is -3.65. The van der Waals surface area contributed by atoms with E-state index in [1.165, 1.54) is 0 Å². The smallest absolute Gasteiger partial charge is 0.376 e. The van der Waals surface area contributed by atoms with Crippen molar-refractivity contribution in [3.63, 3.8) is 0 Å². The number of rotatable bonds is 5. The quantitative estimate of drug-likeness (QED) is 0.744. The topological polar surface area (TPSA) is 65.0 Å². The van der Waals surface area contributed by atoms with Crippen LogP contribution in [0.4, 0.5) is 0 Å². The molecule has 0 spiro atoms. The van der Waals surface area contributed by atoms with Crippen LogP contribution >= 0.6 is 0 Å². The fourth-order valence-electron chi connectivity index (χ4n) is 1.43. The molecule has 0 aliphatic carbocycles. The van der Waals surface area contributed by atoms with Crippen LogP contribution in [0.3, 0.4) is 0 Å². The van der Waals surface area contributed by atoms with Crippen molar-refractivity contribution in [3.8, 4) is 0 Å². The molecule has 1 aliphatic heterocycles. The summed E-state index contributed by atoms with van der Waals surface area (Å²) in [6, 6.07) is 9.78. The van der Waals surface area contributed by atoms with Gasteiger partial charge in [-0.25, -0.2) is 4.18 Å². The van der Waals surface area contributed by atoms with Crippen LogP contribution in [0.25, 0.3) is 0 Å². The summed E-state index contributed by atoms with van der Waals surface area (Å²) in [6.45, 7) is 1.01. The lowest BCUT2D eigenvalue weighted by atomic mass is 10.2. The molecule has 1 aliphatic rings. The zero-order valence-corrected chi connectivity index (χ0v) is 10.0. The first-order chi connectivity index (χ1) is 8.16. The second-order valence-electron chi connectivity index (χ2n) is 3.64. The van der Waals surface area contributed by atoms with Gasteiger partial charge in [0, 0.05) is 6.42 Å². The van der Waals surface area contributed by atoms with Crippen molar-refractivity contribution in [1.82, 2.24) is 0 Å². The minimum Gasteiger partial charge on any atom is -0.376 e. The molecule has 0 atom stereocenters. The van der Waals surface area contributed by atoms with E-state index in [1.54, 1.807) is 0 Å². The highest BCUT2D eigenvalue weighted by Crippen LogP contribution is 2.08. The molecule has 0 saturated heterocycles. The molecule has 2 rings (SSSR count). The van der Waals surface area contributed by atoms with Crippen molar-refractivity contribution in [3.05, 3.63) is 35.9 Å². The van der Waals surface area contributed by atoms with Gasteiger partial charge in [0.15, 0.2) is 0 Å². The van der Waals surface area contributed by atoms with Gasteiger partial charge in [-0.2, -0.15) is 8.42 Å². The zero-order valence-electron chi connectivity index (χ0n) is 9.20. The van der Waals surface area contributed by atoms with Gasteiger partial charge in [0.25, 0.3) is 0 Å². The lowest BCUT2D eigenvalue weighted by Gasteiger charge is -2.03. The molecule has 0 bridgehead atoms. The monoisotopic (exact) mass is 255 g/mol. The molecule has 17 heavy (non-hydrogen) atoms. The number of hydrogen-bond acceptors (Lipinski definition) is 4. The molecular formula is C11H13NO4S. The molecule has 1 aromatic carbocycles. The molecule has 1 heterocycles. The largest absolute Gasteiger partial charge is 0.381 e. The first kappa shape index (κ1) is 12.2. The van der Waals surface area contributed by atoms with Gasteiger partial charge in [-0.3, -0.25) is 0 Å². The summed E-state index contributed by atoms with van der Waals surface area (Å²) in [6.07, 6.45) is 0.478. The summed E-state index contributed by atoms with van der Waals surface area (Å²) < 4.78 is 35.0. The van der Waals surface area contributed by atoms with Crippen LogP contribution in [0.1, 0.15) is 12.0 Å².